The van der Waals surface area contributed by atoms with E-state index in [0.717, 1.165) is 12.8 Å². The number of primary amides is 1. The van der Waals surface area contributed by atoms with Crippen molar-refractivity contribution in [2.24, 2.45) is 39.4 Å². The molecule has 2 fully saturated rings. The van der Waals surface area contributed by atoms with E-state index in [2.05, 4.69) is 10.3 Å². The van der Waals surface area contributed by atoms with E-state index in [1.165, 1.54) is 4.90 Å². The van der Waals surface area contributed by atoms with Crippen LogP contribution in [0.1, 0.15) is 53.4 Å². The fourth-order valence-corrected chi connectivity index (χ4v) is 4.50. The van der Waals surface area contributed by atoms with Gasteiger partial charge in [-0.2, -0.15) is 0 Å². The summed E-state index contributed by atoms with van der Waals surface area (Å²) in [6.45, 7) is 8.67. The summed E-state index contributed by atoms with van der Waals surface area (Å²) in [5.74, 6) is -2.54. The summed E-state index contributed by atoms with van der Waals surface area (Å²) >= 11 is 0. The van der Waals surface area contributed by atoms with Crippen molar-refractivity contribution >= 4 is 23.7 Å². The lowest BCUT2D eigenvalue weighted by molar-refractivity contribution is -0.143. The number of carbonyl (C=O) groups is 3. The number of imide groups is 1. The molecule has 0 aliphatic carbocycles. The number of unbranched alkanes of at least 4 members (excludes halogenated alkanes) is 1. The van der Waals surface area contributed by atoms with E-state index in [4.69, 9.17) is 17.2 Å². The molecule has 0 saturated carbocycles. The Balaban J connectivity index is 2.42. The number of nitrogens with two attached hydrogens (primary N) is 3. The first kappa shape index (κ1) is 22.1. The van der Waals surface area contributed by atoms with Crippen molar-refractivity contribution in [1.82, 2.24) is 10.2 Å². The predicted octanol–water partition coefficient (Wildman–Crippen LogP) is -0.317. The smallest absolute Gasteiger partial charge is 0.238 e. The third-order valence-electron chi connectivity index (χ3n) is 5.88. The molecule has 0 aromatic carbocycles. The number of rotatable bonds is 8. The van der Waals surface area contributed by atoms with Crippen LogP contribution in [0.2, 0.25) is 0 Å². The Labute approximate surface area is 166 Å². The molecule has 9 nitrogen and oxygen atoms in total. The zero-order valence-electron chi connectivity index (χ0n) is 17.3. The summed E-state index contributed by atoms with van der Waals surface area (Å²) in [5.41, 5.74) is 14.9. The minimum atomic E-state index is -1.28. The molecule has 0 aromatic rings. The summed E-state index contributed by atoms with van der Waals surface area (Å²) in [6, 6.07) is -0.337. The zero-order valence-corrected chi connectivity index (χ0v) is 17.3. The van der Waals surface area contributed by atoms with Crippen molar-refractivity contribution in [3.8, 4) is 0 Å². The minimum Gasteiger partial charge on any atom is -0.370 e. The summed E-state index contributed by atoms with van der Waals surface area (Å²) < 4.78 is 0. The first-order chi connectivity index (χ1) is 13.0. The van der Waals surface area contributed by atoms with Crippen LogP contribution in [0.3, 0.4) is 0 Å². The van der Waals surface area contributed by atoms with Gasteiger partial charge >= 0.3 is 0 Å². The molecule has 2 rings (SSSR count). The average molecular weight is 395 g/mol. The summed E-state index contributed by atoms with van der Waals surface area (Å²) in [6.07, 6.45) is 2.35. The number of fused-ring (bicyclic) bond motifs is 1. The summed E-state index contributed by atoms with van der Waals surface area (Å²) in [5, 5.41) is 3.32. The van der Waals surface area contributed by atoms with Gasteiger partial charge in [-0.25, -0.2) is 0 Å². The van der Waals surface area contributed by atoms with E-state index >= 15 is 0 Å². The molecule has 0 spiro atoms. The van der Waals surface area contributed by atoms with Crippen LogP contribution in [-0.2, 0) is 14.4 Å². The molecule has 9 heteroatoms. The second-order valence-electron chi connectivity index (χ2n) is 8.92. The molecule has 7 N–H and O–H groups in total. The second-order valence-corrected chi connectivity index (χ2v) is 8.92. The molecule has 2 aliphatic rings. The quantitative estimate of drug-likeness (QED) is 0.191. The van der Waals surface area contributed by atoms with Gasteiger partial charge in [0, 0.05) is 19.1 Å². The molecular weight excluding hydrogens is 360 g/mol. The van der Waals surface area contributed by atoms with Crippen molar-refractivity contribution in [2.75, 3.05) is 13.1 Å². The number of aliphatic imine (C=N–C) groups is 1. The lowest BCUT2D eigenvalue weighted by Gasteiger charge is -2.35. The third-order valence-corrected chi connectivity index (χ3v) is 5.88. The number of likely N-dealkylation sites (tertiary alicyclic amines) is 1. The van der Waals surface area contributed by atoms with Gasteiger partial charge in [-0.3, -0.25) is 29.6 Å². The molecule has 3 amide bonds. The van der Waals surface area contributed by atoms with Crippen molar-refractivity contribution in [3.63, 3.8) is 0 Å². The fraction of sp³-hybridized carbons (Fsp3) is 0.789. The van der Waals surface area contributed by atoms with E-state index in [1.54, 1.807) is 0 Å². The van der Waals surface area contributed by atoms with E-state index in [0.29, 0.717) is 19.5 Å². The number of carbonyl (C=O) groups excluding carboxylic acids is 3. The Bertz CT molecular complexity index is 667. The molecule has 0 aromatic heterocycles. The molecule has 0 bridgehead atoms. The Hall–Kier alpha value is -2.16. The van der Waals surface area contributed by atoms with Crippen LogP contribution in [0.5, 0.6) is 0 Å². The van der Waals surface area contributed by atoms with Crippen LogP contribution in [0.4, 0.5) is 0 Å². The number of hydrogen-bond donors (Lipinski definition) is 4. The lowest BCUT2D eigenvalue weighted by Crippen LogP contribution is -2.60. The van der Waals surface area contributed by atoms with Gasteiger partial charge in [0.05, 0.1) is 11.8 Å². The van der Waals surface area contributed by atoms with Crippen molar-refractivity contribution in [3.05, 3.63) is 0 Å². The first-order valence-electron chi connectivity index (χ1n) is 9.95. The molecule has 0 radical (unpaired) electrons. The highest BCUT2D eigenvalue weighted by molar-refractivity contribution is 6.10. The number of nitrogens with one attached hydrogen (secondary N) is 1. The predicted molar refractivity (Wildman–Crippen MR) is 107 cm³/mol. The maximum Gasteiger partial charge on any atom is 0.238 e. The van der Waals surface area contributed by atoms with Crippen LogP contribution in [-0.4, -0.2) is 53.3 Å². The van der Waals surface area contributed by atoms with E-state index in [1.807, 2.05) is 27.7 Å². The Morgan fingerprint density at radius 3 is 2.32 bits per heavy atom. The molecule has 4 atom stereocenters. The van der Waals surface area contributed by atoms with Crippen LogP contribution in [0.15, 0.2) is 4.99 Å². The highest BCUT2D eigenvalue weighted by Gasteiger charge is 2.68. The van der Waals surface area contributed by atoms with Gasteiger partial charge < -0.3 is 17.2 Å². The molecule has 28 heavy (non-hydrogen) atoms. The highest BCUT2D eigenvalue weighted by atomic mass is 16.2. The van der Waals surface area contributed by atoms with Crippen LogP contribution in [0, 0.1) is 17.3 Å². The fourth-order valence-electron chi connectivity index (χ4n) is 4.50. The maximum atomic E-state index is 13.2. The molecular formula is C19H34N6O3. The van der Waals surface area contributed by atoms with Crippen molar-refractivity contribution in [2.45, 2.75) is 65.0 Å². The molecule has 158 valence electrons. The monoisotopic (exact) mass is 394 g/mol. The van der Waals surface area contributed by atoms with Gasteiger partial charge in [-0.15, -0.1) is 0 Å². The Morgan fingerprint density at radius 1 is 1.18 bits per heavy atom. The topological polar surface area (TPSA) is 157 Å². The summed E-state index contributed by atoms with van der Waals surface area (Å²) in [7, 11) is 0. The van der Waals surface area contributed by atoms with E-state index in [9.17, 15) is 14.4 Å². The van der Waals surface area contributed by atoms with E-state index in [-0.39, 0.29) is 35.7 Å². The van der Waals surface area contributed by atoms with Gasteiger partial charge in [-0.05, 0) is 24.7 Å². The number of guanidine groups is 1. The minimum absolute atomic E-state index is 0.0317. The second kappa shape index (κ2) is 8.06. The van der Waals surface area contributed by atoms with Gasteiger partial charge in [0.2, 0.25) is 17.7 Å². The van der Waals surface area contributed by atoms with Gasteiger partial charge in [0.25, 0.3) is 0 Å². The standard InChI is InChI=1S/C19H34N6O3/c1-5-6-10-25-14(26)11-12(15(25)27)19(16(20)28,8-7-9-23-17(21)22)24-13(11)18(2,3)4/h11-13,24H,5-10H2,1-4H3,(H2,20,28)(H4,21,22,23). The SMILES string of the molecule is CCCCN1C(=O)C2C(C(C)(C)C)NC(CCCN=C(N)N)(C(N)=O)C2C1=O. The Morgan fingerprint density at radius 2 is 1.82 bits per heavy atom. The van der Waals surface area contributed by atoms with Crippen molar-refractivity contribution in [1.29, 1.82) is 0 Å². The average Bonchev–Trinajstić information content (AvgIpc) is 3.06. The largest absolute Gasteiger partial charge is 0.370 e. The van der Waals surface area contributed by atoms with Crippen LogP contribution < -0.4 is 22.5 Å². The molecule has 2 saturated heterocycles. The molecule has 2 heterocycles. The first-order valence-corrected chi connectivity index (χ1v) is 9.95. The number of nitrogens with zero attached hydrogens (tertiary/aromatic N) is 2. The van der Waals surface area contributed by atoms with Crippen molar-refractivity contribution < 1.29 is 14.4 Å². The highest BCUT2D eigenvalue weighted by Crippen LogP contribution is 2.49. The van der Waals surface area contributed by atoms with E-state index < -0.39 is 23.3 Å². The molecule has 4 unspecified atom stereocenters. The Kier molecular flexibility index (Phi) is 6.37. The lowest BCUT2D eigenvalue weighted by atomic mass is 9.73. The van der Waals surface area contributed by atoms with Gasteiger partial charge in [-0.1, -0.05) is 34.1 Å². The maximum absolute atomic E-state index is 13.2. The third kappa shape index (κ3) is 3.85. The van der Waals surface area contributed by atoms with Gasteiger partial charge in [0.15, 0.2) is 5.96 Å². The summed E-state index contributed by atoms with van der Waals surface area (Å²) in [4.78, 5) is 44.3. The van der Waals surface area contributed by atoms with Crippen LogP contribution in [0.25, 0.3) is 0 Å². The normalized spacial score (nSPS) is 29.9. The van der Waals surface area contributed by atoms with Gasteiger partial charge in [0.1, 0.15) is 5.54 Å². The molecule has 2 aliphatic heterocycles. The zero-order chi connectivity index (χ0) is 21.3. The number of hydrogen-bond acceptors (Lipinski definition) is 5. The number of amides is 3. The van der Waals surface area contributed by atoms with Crippen LogP contribution >= 0.6 is 0 Å².